The van der Waals surface area contributed by atoms with E-state index < -0.39 is 0 Å². The van der Waals surface area contributed by atoms with E-state index in [1.165, 1.54) is 11.8 Å². The molecule has 0 saturated carbocycles. The van der Waals surface area contributed by atoms with Crippen molar-refractivity contribution in [2.24, 2.45) is 0 Å². The number of aromatic nitrogens is 5. The van der Waals surface area contributed by atoms with Gasteiger partial charge in [-0.15, -0.1) is 16.8 Å². The first kappa shape index (κ1) is 17.5. The zero-order valence-electron chi connectivity index (χ0n) is 14.8. The Hall–Kier alpha value is -2.35. The van der Waals surface area contributed by atoms with Crippen LogP contribution < -0.4 is 0 Å². The standard InChI is InChI=1S/C17H21N5O2S/c1-6-8-22-14(12-7-9-23-11(12)2)19-20-16(22)25-10-13-18-15(24-21-13)17(3,4)5/h6-7,9H,1,8,10H2,2-5H3. The lowest BCUT2D eigenvalue weighted by molar-refractivity contribution is 0.319. The second-order valence-corrected chi connectivity index (χ2v) is 7.59. The number of hydrogen-bond donors (Lipinski definition) is 0. The maximum atomic E-state index is 5.38. The van der Waals surface area contributed by atoms with E-state index in [2.05, 4.69) is 26.9 Å². The molecule has 3 rings (SSSR count). The highest BCUT2D eigenvalue weighted by Crippen LogP contribution is 2.29. The maximum absolute atomic E-state index is 5.38. The van der Waals surface area contributed by atoms with Crippen LogP contribution in [0.2, 0.25) is 0 Å². The Morgan fingerprint density at radius 2 is 2.12 bits per heavy atom. The molecule has 3 heterocycles. The molecule has 0 aliphatic heterocycles. The van der Waals surface area contributed by atoms with Crippen LogP contribution in [0.1, 0.15) is 38.2 Å². The molecule has 0 aromatic carbocycles. The van der Waals surface area contributed by atoms with Crippen molar-refractivity contribution in [1.29, 1.82) is 0 Å². The lowest BCUT2D eigenvalue weighted by Crippen LogP contribution is -2.11. The van der Waals surface area contributed by atoms with Crippen LogP contribution in [0.5, 0.6) is 0 Å². The highest BCUT2D eigenvalue weighted by atomic mass is 32.2. The maximum Gasteiger partial charge on any atom is 0.232 e. The summed E-state index contributed by atoms with van der Waals surface area (Å²) in [6, 6.07) is 1.89. The Labute approximate surface area is 150 Å². The Morgan fingerprint density at radius 3 is 2.72 bits per heavy atom. The van der Waals surface area contributed by atoms with Gasteiger partial charge in [0.05, 0.1) is 17.6 Å². The average molecular weight is 359 g/mol. The molecule has 0 saturated heterocycles. The second kappa shape index (κ2) is 6.87. The Balaban J connectivity index is 1.81. The molecule has 0 N–H and O–H groups in total. The number of thioether (sulfide) groups is 1. The summed E-state index contributed by atoms with van der Waals surface area (Å²) < 4.78 is 12.7. The third-order valence-corrected chi connectivity index (χ3v) is 4.53. The number of furan rings is 1. The van der Waals surface area contributed by atoms with Gasteiger partial charge in [-0.2, -0.15) is 4.98 Å². The molecule has 0 atom stereocenters. The molecule has 0 amide bonds. The molecule has 132 valence electrons. The summed E-state index contributed by atoms with van der Waals surface area (Å²) in [6.45, 7) is 12.5. The Kier molecular flexibility index (Phi) is 4.80. The number of allylic oxidation sites excluding steroid dienone is 1. The summed E-state index contributed by atoms with van der Waals surface area (Å²) in [5.74, 6) is 3.40. The fourth-order valence-electron chi connectivity index (χ4n) is 2.25. The molecule has 7 nitrogen and oxygen atoms in total. The van der Waals surface area contributed by atoms with E-state index in [1.54, 1.807) is 6.26 Å². The van der Waals surface area contributed by atoms with Crippen molar-refractivity contribution in [3.63, 3.8) is 0 Å². The van der Waals surface area contributed by atoms with Crippen molar-refractivity contribution in [3.05, 3.63) is 42.5 Å². The van der Waals surface area contributed by atoms with Crippen molar-refractivity contribution < 1.29 is 8.94 Å². The summed E-state index contributed by atoms with van der Waals surface area (Å²) in [5, 5.41) is 13.4. The van der Waals surface area contributed by atoms with E-state index in [4.69, 9.17) is 8.94 Å². The van der Waals surface area contributed by atoms with E-state index in [9.17, 15) is 0 Å². The number of nitrogens with zero attached hydrogens (tertiary/aromatic N) is 5. The molecule has 0 aliphatic carbocycles. The van der Waals surface area contributed by atoms with E-state index in [-0.39, 0.29) is 5.41 Å². The average Bonchev–Trinajstić information content (AvgIpc) is 3.25. The summed E-state index contributed by atoms with van der Waals surface area (Å²) in [4.78, 5) is 4.45. The van der Waals surface area contributed by atoms with Crippen molar-refractivity contribution >= 4 is 11.8 Å². The topological polar surface area (TPSA) is 82.8 Å². The van der Waals surface area contributed by atoms with Gasteiger partial charge >= 0.3 is 0 Å². The van der Waals surface area contributed by atoms with Crippen molar-refractivity contribution in [1.82, 2.24) is 24.9 Å². The van der Waals surface area contributed by atoms with Crippen molar-refractivity contribution in [2.75, 3.05) is 0 Å². The highest BCUT2D eigenvalue weighted by molar-refractivity contribution is 7.98. The third kappa shape index (κ3) is 3.68. The van der Waals surface area contributed by atoms with Gasteiger partial charge in [-0.3, -0.25) is 4.57 Å². The van der Waals surface area contributed by atoms with E-state index in [0.717, 1.165) is 22.3 Å². The number of aryl methyl sites for hydroxylation is 1. The van der Waals surface area contributed by atoms with Gasteiger partial charge in [-0.25, -0.2) is 0 Å². The summed E-state index contributed by atoms with van der Waals surface area (Å²) >= 11 is 1.51. The van der Waals surface area contributed by atoms with Crippen molar-refractivity contribution in [3.8, 4) is 11.4 Å². The largest absolute Gasteiger partial charge is 0.469 e. The number of hydrogen-bond acceptors (Lipinski definition) is 7. The van der Waals surface area contributed by atoms with Crippen LogP contribution in [-0.4, -0.2) is 24.9 Å². The third-order valence-electron chi connectivity index (χ3n) is 3.57. The van der Waals surface area contributed by atoms with Gasteiger partial charge in [0, 0.05) is 12.0 Å². The van der Waals surface area contributed by atoms with Crippen molar-refractivity contribution in [2.45, 2.75) is 50.6 Å². The smallest absolute Gasteiger partial charge is 0.232 e. The molecule has 3 aromatic rings. The van der Waals surface area contributed by atoms with Crippen LogP contribution in [0.3, 0.4) is 0 Å². The van der Waals surface area contributed by atoms with Crippen LogP contribution >= 0.6 is 11.8 Å². The molecule has 0 unspecified atom stereocenters. The van der Waals surface area contributed by atoms with E-state index in [0.29, 0.717) is 24.0 Å². The second-order valence-electron chi connectivity index (χ2n) is 6.65. The van der Waals surface area contributed by atoms with Gasteiger partial charge in [-0.1, -0.05) is 43.8 Å². The molecular weight excluding hydrogens is 338 g/mol. The molecule has 25 heavy (non-hydrogen) atoms. The SMILES string of the molecule is C=CCn1c(SCc2noc(C(C)(C)C)n2)nnc1-c1ccoc1C. The first-order chi connectivity index (χ1) is 11.9. The van der Waals surface area contributed by atoms with Gasteiger partial charge in [0.15, 0.2) is 16.8 Å². The Bertz CT molecular complexity index is 872. The van der Waals surface area contributed by atoms with Gasteiger partial charge in [0.2, 0.25) is 5.89 Å². The lowest BCUT2D eigenvalue weighted by atomic mass is 9.97. The fraction of sp³-hybridized carbons (Fsp3) is 0.412. The predicted octanol–water partition coefficient (Wildman–Crippen LogP) is 4.01. The first-order valence-corrected chi connectivity index (χ1v) is 8.93. The number of rotatable bonds is 6. The van der Waals surface area contributed by atoms with Gasteiger partial charge in [0.25, 0.3) is 0 Å². The van der Waals surface area contributed by atoms with E-state index in [1.807, 2.05) is 44.4 Å². The van der Waals surface area contributed by atoms with Crippen LogP contribution in [0.25, 0.3) is 11.4 Å². The lowest BCUT2D eigenvalue weighted by Gasteiger charge is -2.10. The highest BCUT2D eigenvalue weighted by Gasteiger charge is 2.22. The quantitative estimate of drug-likeness (QED) is 0.486. The normalized spacial score (nSPS) is 11.8. The van der Waals surface area contributed by atoms with Crippen LogP contribution in [-0.2, 0) is 17.7 Å². The molecule has 3 aromatic heterocycles. The monoisotopic (exact) mass is 359 g/mol. The molecule has 0 spiro atoms. The minimum Gasteiger partial charge on any atom is -0.469 e. The molecule has 0 bridgehead atoms. The molecule has 8 heteroatoms. The molecular formula is C17H21N5O2S. The fourth-order valence-corrected chi connectivity index (χ4v) is 3.04. The zero-order valence-corrected chi connectivity index (χ0v) is 15.6. The Morgan fingerprint density at radius 1 is 1.32 bits per heavy atom. The van der Waals surface area contributed by atoms with Crippen LogP contribution in [0, 0.1) is 6.92 Å². The van der Waals surface area contributed by atoms with Crippen LogP contribution in [0.15, 0.2) is 39.1 Å². The van der Waals surface area contributed by atoms with Crippen LogP contribution in [0.4, 0.5) is 0 Å². The minimum absolute atomic E-state index is 0.162. The molecule has 0 fully saturated rings. The van der Waals surface area contributed by atoms with Gasteiger partial charge < -0.3 is 8.94 Å². The van der Waals surface area contributed by atoms with Gasteiger partial charge in [0.1, 0.15) is 5.76 Å². The summed E-state index contributed by atoms with van der Waals surface area (Å²) in [5.41, 5.74) is 0.765. The molecule has 0 aliphatic rings. The summed E-state index contributed by atoms with van der Waals surface area (Å²) in [6.07, 6.45) is 3.47. The first-order valence-electron chi connectivity index (χ1n) is 7.94. The van der Waals surface area contributed by atoms with E-state index >= 15 is 0 Å². The minimum atomic E-state index is -0.162. The van der Waals surface area contributed by atoms with Gasteiger partial charge in [-0.05, 0) is 13.0 Å². The zero-order chi connectivity index (χ0) is 18.0. The predicted molar refractivity (Wildman–Crippen MR) is 95.2 cm³/mol. The molecule has 0 radical (unpaired) electrons. The summed E-state index contributed by atoms with van der Waals surface area (Å²) in [7, 11) is 0.